The molecule has 0 radical (unpaired) electrons. The Labute approximate surface area is 216 Å². The second-order valence-electron chi connectivity index (χ2n) is 8.06. The molecule has 0 heterocycles. The summed E-state index contributed by atoms with van der Waals surface area (Å²) in [5, 5.41) is 18.9. The van der Waals surface area contributed by atoms with E-state index in [9.17, 15) is 14.7 Å². The quantitative estimate of drug-likeness (QED) is 0.0941. The molecule has 0 unspecified atom stereocenters. The number of ketones is 1. The van der Waals surface area contributed by atoms with E-state index in [1.807, 2.05) is 48.6 Å². The highest BCUT2D eigenvalue weighted by molar-refractivity contribution is 6.04. The first-order valence-electron chi connectivity index (χ1n) is 11.6. The maximum absolute atomic E-state index is 13.0. The van der Waals surface area contributed by atoms with Crippen LogP contribution in [-0.4, -0.2) is 24.0 Å². The SMILES string of the molecule is C=C(C)C(=O)Oc1ccc(N=NC(C(=O)/C=C/C2=CCCC=C2)=C(O)/C=C/c2ccccc2)c(OC)c1. The minimum Gasteiger partial charge on any atom is -0.505 e. The fraction of sp³-hybridized carbons (Fsp3) is 0.133. The molecular weight excluding hydrogens is 468 g/mol. The zero-order valence-electron chi connectivity index (χ0n) is 20.8. The van der Waals surface area contributed by atoms with Gasteiger partial charge in [-0.1, -0.05) is 67.3 Å². The number of ether oxygens (including phenoxy) is 2. The van der Waals surface area contributed by atoms with Crippen LogP contribution in [0.5, 0.6) is 11.5 Å². The van der Waals surface area contributed by atoms with Gasteiger partial charge in [-0.05, 0) is 55.2 Å². The van der Waals surface area contributed by atoms with Crippen LogP contribution in [0.1, 0.15) is 25.3 Å². The summed E-state index contributed by atoms with van der Waals surface area (Å²) in [7, 11) is 1.43. The molecule has 2 aromatic carbocycles. The van der Waals surface area contributed by atoms with Gasteiger partial charge in [-0.3, -0.25) is 4.79 Å². The lowest BCUT2D eigenvalue weighted by Gasteiger charge is -2.08. The molecule has 0 amide bonds. The van der Waals surface area contributed by atoms with Gasteiger partial charge in [0.2, 0.25) is 5.78 Å². The molecule has 7 heteroatoms. The molecule has 7 nitrogen and oxygen atoms in total. The van der Waals surface area contributed by atoms with Crippen molar-refractivity contribution in [2.45, 2.75) is 19.8 Å². The summed E-state index contributed by atoms with van der Waals surface area (Å²) in [6.45, 7) is 5.10. The third-order valence-electron chi connectivity index (χ3n) is 5.13. The minimum absolute atomic E-state index is 0.237. The van der Waals surface area contributed by atoms with Gasteiger partial charge in [0, 0.05) is 11.6 Å². The molecule has 37 heavy (non-hydrogen) atoms. The van der Waals surface area contributed by atoms with Gasteiger partial charge < -0.3 is 14.6 Å². The van der Waals surface area contributed by atoms with Gasteiger partial charge in [-0.25, -0.2) is 4.79 Å². The summed E-state index contributed by atoms with van der Waals surface area (Å²) >= 11 is 0. The van der Waals surface area contributed by atoms with E-state index in [1.165, 1.54) is 37.5 Å². The fourth-order valence-electron chi connectivity index (χ4n) is 3.16. The van der Waals surface area contributed by atoms with Crippen LogP contribution in [0.3, 0.4) is 0 Å². The van der Waals surface area contributed by atoms with Crippen molar-refractivity contribution in [1.29, 1.82) is 0 Å². The van der Waals surface area contributed by atoms with Gasteiger partial charge in [0.1, 0.15) is 22.9 Å². The molecule has 3 rings (SSSR count). The number of allylic oxidation sites excluding steroid dienone is 7. The monoisotopic (exact) mass is 496 g/mol. The average Bonchev–Trinajstić information content (AvgIpc) is 2.92. The van der Waals surface area contributed by atoms with Crippen LogP contribution < -0.4 is 9.47 Å². The third kappa shape index (κ3) is 8.14. The summed E-state index contributed by atoms with van der Waals surface area (Å²) in [5.41, 5.74) is 2.01. The van der Waals surface area contributed by atoms with Crippen LogP contribution in [0.4, 0.5) is 5.69 Å². The van der Waals surface area contributed by atoms with Crippen LogP contribution in [0.15, 0.2) is 124 Å². The number of rotatable bonds is 10. The van der Waals surface area contributed by atoms with E-state index in [-0.39, 0.29) is 34.2 Å². The molecule has 0 spiro atoms. The Morgan fingerprint density at radius 2 is 1.84 bits per heavy atom. The zero-order chi connectivity index (χ0) is 26.6. The number of azo groups is 1. The second-order valence-corrected chi connectivity index (χ2v) is 8.06. The van der Waals surface area contributed by atoms with Gasteiger partial charge in [-0.15, -0.1) is 10.2 Å². The highest BCUT2D eigenvalue weighted by Crippen LogP contribution is 2.32. The Hall–Kier alpha value is -4.78. The molecule has 0 saturated carbocycles. The van der Waals surface area contributed by atoms with Crippen molar-refractivity contribution in [3.05, 3.63) is 120 Å². The maximum atomic E-state index is 13.0. The lowest BCUT2D eigenvalue weighted by molar-refractivity contribution is -0.130. The highest BCUT2D eigenvalue weighted by atomic mass is 16.5. The van der Waals surface area contributed by atoms with Crippen LogP contribution in [0.2, 0.25) is 0 Å². The van der Waals surface area contributed by atoms with Crippen molar-refractivity contribution >= 4 is 23.5 Å². The molecule has 1 aliphatic carbocycles. The van der Waals surface area contributed by atoms with Crippen molar-refractivity contribution in [2.75, 3.05) is 7.11 Å². The van der Waals surface area contributed by atoms with Gasteiger partial charge in [0.15, 0.2) is 5.70 Å². The van der Waals surface area contributed by atoms with Gasteiger partial charge in [-0.2, -0.15) is 0 Å². The summed E-state index contributed by atoms with van der Waals surface area (Å²) in [6, 6.07) is 13.8. The zero-order valence-corrected chi connectivity index (χ0v) is 20.8. The molecule has 188 valence electrons. The molecule has 0 aromatic heterocycles. The lowest BCUT2D eigenvalue weighted by Crippen LogP contribution is -2.08. The summed E-state index contributed by atoms with van der Waals surface area (Å²) in [4.78, 5) is 24.8. The minimum atomic E-state index is -0.572. The number of carbonyl (C=O) groups is 2. The molecule has 0 saturated heterocycles. The van der Waals surface area contributed by atoms with E-state index in [0.29, 0.717) is 0 Å². The number of esters is 1. The molecule has 0 fully saturated rings. The standard InChI is InChI=1S/C30H28N2O5/c1-21(2)30(35)37-24-16-17-25(28(20-24)36-3)31-32-29(26(33)18-14-22-10-6-4-7-11-22)27(34)19-15-23-12-8-5-9-13-23/h4,6-8,10-20,33H,1,5,9H2,2-3H3/b18-14+,19-15+,29-26?,32-31?. The highest BCUT2D eigenvalue weighted by Gasteiger charge is 2.14. The predicted octanol–water partition coefficient (Wildman–Crippen LogP) is 7.15. The number of hydrogen-bond acceptors (Lipinski definition) is 7. The number of carbonyl (C=O) groups excluding carboxylic acids is 2. The first-order valence-corrected chi connectivity index (χ1v) is 11.6. The molecule has 0 aliphatic heterocycles. The van der Waals surface area contributed by atoms with Crippen LogP contribution >= 0.6 is 0 Å². The molecular formula is C30H28N2O5. The van der Waals surface area contributed by atoms with E-state index in [1.54, 1.807) is 19.1 Å². The average molecular weight is 497 g/mol. The number of hydrogen-bond donors (Lipinski definition) is 1. The fourth-order valence-corrected chi connectivity index (χ4v) is 3.16. The number of benzene rings is 2. The van der Waals surface area contributed by atoms with Crippen LogP contribution in [0.25, 0.3) is 6.08 Å². The number of aliphatic hydroxyl groups excluding tert-OH is 1. The molecule has 0 atom stereocenters. The van der Waals surface area contributed by atoms with Crippen molar-refractivity contribution < 1.29 is 24.2 Å². The molecule has 1 aliphatic rings. The first kappa shape index (κ1) is 26.8. The van der Waals surface area contributed by atoms with Gasteiger partial charge in [0.25, 0.3) is 0 Å². The van der Waals surface area contributed by atoms with Gasteiger partial charge in [0.05, 0.1) is 7.11 Å². The van der Waals surface area contributed by atoms with Crippen molar-refractivity contribution in [3.8, 4) is 11.5 Å². The largest absolute Gasteiger partial charge is 0.505 e. The van der Waals surface area contributed by atoms with E-state index in [0.717, 1.165) is 24.0 Å². The topological polar surface area (TPSA) is 97.6 Å². The summed E-state index contributed by atoms with van der Waals surface area (Å²) in [6.07, 6.45) is 13.9. The number of methoxy groups -OCH3 is 1. The van der Waals surface area contributed by atoms with E-state index in [2.05, 4.69) is 16.8 Å². The normalized spacial score (nSPS) is 14.1. The smallest absolute Gasteiger partial charge is 0.338 e. The maximum Gasteiger partial charge on any atom is 0.338 e. The summed E-state index contributed by atoms with van der Waals surface area (Å²) in [5.74, 6) is -0.945. The van der Waals surface area contributed by atoms with Crippen molar-refractivity contribution in [2.24, 2.45) is 10.2 Å². The number of aliphatic hydroxyl groups is 1. The van der Waals surface area contributed by atoms with E-state index in [4.69, 9.17) is 9.47 Å². The van der Waals surface area contributed by atoms with E-state index >= 15 is 0 Å². The third-order valence-corrected chi connectivity index (χ3v) is 5.13. The van der Waals surface area contributed by atoms with Crippen LogP contribution in [0, 0.1) is 0 Å². The van der Waals surface area contributed by atoms with Crippen LogP contribution in [-0.2, 0) is 9.59 Å². The molecule has 1 N–H and O–H groups in total. The summed E-state index contributed by atoms with van der Waals surface area (Å²) < 4.78 is 10.6. The Morgan fingerprint density at radius 3 is 2.51 bits per heavy atom. The Morgan fingerprint density at radius 1 is 1.05 bits per heavy atom. The number of nitrogens with zero attached hydrogens (tertiary/aromatic N) is 2. The lowest BCUT2D eigenvalue weighted by atomic mass is 10.1. The Balaban J connectivity index is 1.92. The predicted molar refractivity (Wildman–Crippen MR) is 144 cm³/mol. The molecule has 0 bridgehead atoms. The van der Waals surface area contributed by atoms with E-state index < -0.39 is 11.8 Å². The van der Waals surface area contributed by atoms with Gasteiger partial charge >= 0.3 is 5.97 Å². The Kier molecular flexibility index (Phi) is 9.67. The Bertz CT molecular complexity index is 1350. The van der Waals surface area contributed by atoms with Crippen molar-refractivity contribution in [1.82, 2.24) is 0 Å². The second kappa shape index (κ2) is 13.3. The van der Waals surface area contributed by atoms with Crippen molar-refractivity contribution in [3.63, 3.8) is 0 Å². The first-order chi connectivity index (χ1) is 17.9. The molecule has 2 aromatic rings.